The molecule has 0 aliphatic rings. The van der Waals surface area contributed by atoms with Crippen molar-refractivity contribution in [2.75, 3.05) is 4.72 Å². The van der Waals surface area contributed by atoms with Crippen molar-refractivity contribution in [3.8, 4) is 5.69 Å². The van der Waals surface area contributed by atoms with Crippen molar-refractivity contribution in [3.05, 3.63) is 66.5 Å². The smallest absolute Gasteiger partial charge is 0.254 e. The number of anilines is 1. The summed E-state index contributed by atoms with van der Waals surface area (Å²) < 4.78 is 31.5. The normalized spacial score (nSPS) is 12.4. The van der Waals surface area contributed by atoms with Crippen molar-refractivity contribution >= 4 is 36.7 Å². The quantitative estimate of drug-likeness (QED) is 0.532. The van der Waals surface area contributed by atoms with E-state index in [1.807, 2.05) is 75.4 Å². The van der Waals surface area contributed by atoms with Crippen LogP contribution in [-0.2, 0) is 15.4 Å². The molecule has 144 valence electrons. The summed E-state index contributed by atoms with van der Waals surface area (Å²) in [6, 6.07) is 17.0. The van der Waals surface area contributed by atoms with E-state index in [1.54, 1.807) is 10.9 Å². The highest BCUT2D eigenvalue weighted by Crippen LogP contribution is 2.32. The van der Waals surface area contributed by atoms with Crippen LogP contribution in [0, 0.1) is 0 Å². The molecule has 0 amide bonds. The number of thiazole rings is 1. The molecule has 0 radical (unpaired) electrons. The van der Waals surface area contributed by atoms with E-state index >= 15 is 0 Å². The van der Waals surface area contributed by atoms with Crippen LogP contribution in [0.15, 0.2) is 65.7 Å². The van der Waals surface area contributed by atoms with Crippen LogP contribution in [0.5, 0.6) is 0 Å². The van der Waals surface area contributed by atoms with Gasteiger partial charge in [-0.05, 0) is 24.3 Å². The highest BCUT2D eigenvalue weighted by atomic mass is 32.2. The van der Waals surface area contributed by atoms with Gasteiger partial charge in [0, 0.05) is 5.41 Å². The molecule has 1 N–H and O–H groups in total. The van der Waals surface area contributed by atoms with Crippen molar-refractivity contribution in [2.24, 2.45) is 0 Å². The van der Waals surface area contributed by atoms with Gasteiger partial charge in [0.1, 0.15) is 4.90 Å². The maximum atomic E-state index is 13.2. The van der Waals surface area contributed by atoms with Crippen molar-refractivity contribution in [1.29, 1.82) is 0 Å². The number of fused-ring (bicyclic) bond motifs is 1. The van der Waals surface area contributed by atoms with Gasteiger partial charge in [-0.3, -0.25) is 4.72 Å². The number of hydrogen-bond acceptors (Lipinski definition) is 5. The first kappa shape index (κ1) is 18.6. The number of benzene rings is 2. The number of para-hydroxylation sites is 2. The molecule has 0 spiro atoms. The first-order chi connectivity index (χ1) is 13.2. The summed E-state index contributed by atoms with van der Waals surface area (Å²) in [4.78, 5) is 4.54. The Morgan fingerprint density at radius 2 is 1.68 bits per heavy atom. The Labute approximate surface area is 167 Å². The molecule has 0 aliphatic heterocycles. The minimum atomic E-state index is -3.85. The lowest BCUT2D eigenvalue weighted by Gasteiger charge is -2.17. The fraction of sp³-hybridized carbons (Fsp3) is 0.200. The summed E-state index contributed by atoms with van der Waals surface area (Å²) in [6.07, 6.45) is 1.56. The molecule has 0 bridgehead atoms. The predicted octanol–water partition coefficient (Wildman–Crippen LogP) is 4.58. The molecule has 0 atom stereocenters. The van der Waals surface area contributed by atoms with Gasteiger partial charge < -0.3 is 0 Å². The van der Waals surface area contributed by atoms with Gasteiger partial charge in [0.05, 0.1) is 27.8 Å². The Balaban J connectivity index is 1.78. The maximum absolute atomic E-state index is 13.2. The topological polar surface area (TPSA) is 76.9 Å². The molecule has 0 fully saturated rings. The van der Waals surface area contributed by atoms with E-state index in [0.717, 1.165) is 15.9 Å². The van der Waals surface area contributed by atoms with Gasteiger partial charge in [-0.25, -0.2) is 18.1 Å². The van der Waals surface area contributed by atoms with Gasteiger partial charge in [0.25, 0.3) is 10.0 Å². The average Bonchev–Trinajstić information content (AvgIpc) is 3.26. The van der Waals surface area contributed by atoms with Crippen LogP contribution in [-0.4, -0.2) is 23.2 Å². The molecule has 28 heavy (non-hydrogen) atoms. The third kappa shape index (κ3) is 3.53. The van der Waals surface area contributed by atoms with Crippen molar-refractivity contribution in [3.63, 3.8) is 0 Å². The highest BCUT2D eigenvalue weighted by Gasteiger charge is 2.31. The largest absolute Gasteiger partial charge is 0.267 e. The molecule has 6 nitrogen and oxygen atoms in total. The van der Waals surface area contributed by atoms with Crippen LogP contribution in [0.1, 0.15) is 26.5 Å². The lowest BCUT2D eigenvalue weighted by Crippen LogP contribution is -2.20. The Hall–Kier alpha value is -2.71. The lowest BCUT2D eigenvalue weighted by molar-refractivity contribution is 0.543. The van der Waals surface area contributed by atoms with Gasteiger partial charge in [-0.1, -0.05) is 62.4 Å². The summed E-state index contributed by atoms with van der Waals surface area (Å²) in [7, 11) is -3.85. The Morgan fingerprint density at radius 3 is 2.36 bits per heavy atom. The van der Waals surface area contributed by atoms with Crippen LogP contribution < -0.4 is 4.72 Å². The number of hydrogen-bond donors (Lipinski definition) is 1. The molecule has 0 unspecified atom stereocenters. The highest BCUT2D eigenvalue weighted by molar-refractivity contribution is 7.93. The van der Waals surface area contributed by atoms with Crippen LogP contribution >= 0.6 is 11.3 Å². The molecule has 2 aromatic heterocycles. The predicted molar refractivity (Wildman–Crippen MR) is 113 cm³/mol. The van der Waals surface area contributed by atoms with Gasteiger partial charge in [0.2, 0.25) is 0 Å². The van der Waals surface area contributed by atoms with Gasteiger partial charge in [-0.15, -0.1) is 0 Å². The summed E-state index contributed by atoms with van der Waals surface area (Å²) in [5.74, 6) is 0. The SMILES string of the molecule is CC(C)(C)c1nn(-c2ccccc2)cc1S(=O)(=O)Nc1nc2ccccc2s1. The maximum Gasteiger partial charge on any atom is 0.267 e. The first-order valence-electron chi connectivity index (χ1n) is 8.78. The van der Waals surface area contributed by atoms with Crippen molar-refractivity contribution in [2.45, 2.75) is 31.1 Å². The molecular formula is C20H20N4O2S2. The minimum absolute atomic E-state index is 0.156. The van der Waals surface area contributed by atoms with Crippen LogP contribution in [0.3, 0.4) is 0 Å². The summed E-state index contributed by atoms with van der Waals surface area (Å²) in [5.41, 5.74) is 1.62. The lowest BCUT2D eigenvalue weighted by atomic mass is 9.92. The van der Waals surface area contributed by atoms with Gasteiger partial charge in [0.15, 0.2) is 5.13 Å². The van der Waals surface area contributed by atoms with E-state index in [1.165, 1.54) is 11.3 Å². The summed E-state index contributed by atoms with van der Waals surface area (Å²) in [6.45, 7) is 5.84. The number of nitrogens with one attached hydrogen (secondary N) is 1. The molecule has 2 aromatic carbocycles. The fourth-order valence-corrected chi connectivity index (χ4v) is 5.31. The molecule has 2 heterocycles. The second-order valence-corrected chi connectivity index (χ2v) is 10.1. The number of aromatic nitrogens is 3. The molecular weight excluding hydrogens is 392 g/mol. The fourth-order valence-electron chi connectivity index (χ4n) is 2.87. The summed E-state index contributed by atoms with van der Waals surface area (Å²) in [5, 5.41) is 4.92. The zero-order valence-electron chi connectivity index (χ0n) is 15.7. The monoisotopic (exact) mass is 412 g/mol. The Kier molecular flexibility index (Phi) is 4.47. The second kappa shape index (κ2) is 6.72. The Bertz CT molecular complexity index is 1200. The number of rotatable bonds is 4. The summed E-state index contributed by atoms with van der Waals surface area (Å²) >= 11 is 1.31. The van der Waals surface area contributed by atoms with E-state index in [-0.39, 0.29) is 4.90 Å². The van der Waals surface area contributed by atoms with E-state index in [4.69, 9.17) is 0 Å². The standard InChI is InChI=1S/C20H20N4O2S2/c1-20(2,3)18-17(13-24(22-18)14-9-5-4-6-10-14)28(25,26)23-19-21-15-11-7-8-12-16(15)27-19/h4-13H,1-3H3,(H,21,23). The minimum Gasteiger partial charge on any atom is -0.254 e. The van der Waals surface area contributed by atoms with Crippen LogP contribution in [0.25, 0.3) is 15.9 Å². The molecule has 0 aliphatic carbocycles. The number of sulfonamides is 1. The molecule has 0 saturated carbocycles. The van der Waals surface area contributed by atoms with Crippen LogP contribution in [0.2, 0.25) is 0 Å². The molecule has 8 heteroatoms. The van der Waals surface area contributed by atoms with Crippen LogP contribution in [0.4, 0.5) is 5.13 Å². The first-order valence-corrected chi connectivity index (χ1v) is 11.1. The zero-order chi connectivity index (χ0) is 19.9. The van der Waals surface area contributed by atoms with E-state index < -0.39 is 15.4 Å². The molecule has 4 rings (SSSR count). The van der Waals surface area contributed by atoms with E-state index in [2.05, 4.69) is 14.8 Å². The van der Waals surface area contributed by atoms with E-state index in [9.17, 15) is 8.42 Å². The van der Waals surface area contributed by atoms with Crippen molar-refractivity contribution < 1.29 is 8.42 Å². The Morgan fingerprint density at radius 1 is 1.00 bits per heavy atom. The molecule has 0 saturated heterocycles. The third-order valence-electron chi connectivity index (χ3n) is 4.22. The van der Waals surface area contributed by atoms with E-state index in [0.29, 0.717) is 10.8 Å². The average molecular weight is 413 g/mol. The zero-order valence-corrected chi connectivity index (χ0v) is 17.4. The second-order valence-electron chi connectivity index (χ2n) is 7.46. The third-order valence-corrected chi connectivity index (χ3v) is 6.64. The van der Waals surface area contributed by atoms with Gasteiger partial charge >= 0.3 is 0 Å². The molecule has 4 aromatic rings. The number of nitrogens with zero attached hydrogens (tertiary/aromatic N) is 3. The van der Waals surface area contributed by atoms with Gasteiger partial charge in [-0.2, -0.15) is 5.10 Å². The van der Waals surface area contributed by atoms with Crippen molar-refractivity contribution in [1.82, 2.24) is 14.8 Å².